The first-order valence-electron chi connectivity index (χ1n) is 7.78. The highest BCUT2D eigenvalue weighted by molar-refractivity contribution is 5.93. The van der Waals surface area contributed by atoms with Gasteiger partial charge in [0.2, 0.25) is 0 Å². The van der Waals surface area contributed by atoms with Crippen molar-refractivity contribution in [2.75, 3.05) is 11.9 Å². The third-order valence-electron chi connectivity index (χ3n) is 3.43. The molecule has 0 heterocycles. The van der Waals surface area contributed by atoms with Gasteiger partial charge in [0.15, 0.2) is 12.7 Å². The molecule has 0 aromatic heterocycles. The molecule has 0 aliphatic carbocycles. The molecule has 0 spiro atoms. The largest absolute Gasteiger partial charge is 0.479 e. The molecule has 2 aromatic carbocycles. The van der Waals surface area contributed by atoms with E-state index in [1.54, 1.807) is 37.3 Å². The summed E-state index contributed by atoms with van der Waals surface area (Å²) in [5, 5.41) is 11.2. The number of amides is 1. The Labute approximate surface area is 150 Å². The third-order valence-corrected chi connectivity index (χ3v) is 3.43. The molecule has 0 radical (unpaired) electrons. The van der Waals surface area contributed by atoms with E-state index >= 15 is 0 Å². The number of nitriles is 1. The second kappa shape index (κ2) is 8.62. The molecule has 26 heavy (non-hydrogen) atoms. The predicted molar refractivity (Wildman–Crippen MR) is 92.0 cm³/mol. The molecule has 0 saturated heterocycles. The Balaban J connectivity index is 1.81. The first kappa shape index (κ1) is 18.9. The topological polar surface area (TPSA) is 88.4 Å². The summed E-state index contributed by atoms with van der Waals surface area (Å²) in [6, 6.07) is 12.5. The number of halogens is 1. The zero-order valence-electron chi connectivity index (χ0n) is 14.3. The van der Waals surface area contributed by atoms with Crippen molar-refractivity contribution in [1.82, 2.24) is 0 Å². The number of aryl methyl sites for hydroxylation is 1. The minimum absolute atomic E-state index is 0.274. The first-order chi connectivity index (χ1) is 12.4. The van der Waals surface area contributed by atoms with Crippen molar-refractivity contribution in [3.63, 3.8) is 0 Å². The van der Waals surface area contributed by atoms with Gasteiger partial charge in [0, 0.05) is 5.69 Å². The number of nitrogens with zero attached hydrogens (tertiary/aromatic N) is 1. The molecule has 0 aliphatic rings. The lowest BCUT2D eigenvalue weighted by molar-refractivity contribution is -0.153. The number of hydrogen-bond acceptors (Lipinski definition) is 5. The van der Waals surface area contributed by atoms with Gasteiger partial charge in [-0.2, -0.15) is 5.26 Å². The van der Waals surface area contributed by atoms with Crippen LogP contribution >= 0.6 is 0 Å². The molecular weight excluding hydrogens is 339 g/mol. The fraction of sp³-hybridized carbons (Fsp3) is 0.211. The smallest absolute Gasteiger partial charge is 0.347 e. The van der Waals surface area contributed by atoms with E-state index in [0.717, 1.165) is 0 Å². The summed E-state index contributed by atoms with van der Waals surface area (Å²) in [7, 11) is 0. The molecule has 2 rings (SSSR count). The Bertz CT molecular complexity index is 844. The van der Waals surface area contributed by atoms with Crippen LogP contribution < -0.4 is 10.1 Å². The van der Waals surface area contributed by atoms with Crippen molar-refractivity contribution in [3.05, 3.63) is 59.4 Å². The minimum atomic E-state index is -0.937. The van der Waals surface area contributed by atoms with Gasteiger partial charge in [0.05, 0.1) is 11.6 Å². The number of esters is 1. The van der Waals surface area contributed by atoms with Crippen molar-refractivity contribution < 1.29 is 23.5 Å². The molecule has 1 amide bonds. The van der Waals surface area contributed by atoms with Gasteiger partial charge < -0.3 is 14.8 Å². The highest BCUT2D eigenvalue weighted by Crippen LogP contribution is 2.15. The summed E-state index contributed by atoms with van der Waals surface area (Å²) in [5.41, 5.74) is 1.20. The van der Waals surface area contributed by atoms with Crippen LogP contribution in [0.1, 0.15) is 18.1 Å². The molecule has 0 aliphatic heterocycles. The van der Waals surface area contributed by atoms with Crippen molar-refractivity contribution in [2.24, 2.45) is 0 Å². The van der Waals surface area contributed by atoms with Crippen LogP contribution in [0.25, 0.3) is 0 Å². The van der Waals surface area contributed by atoms with Crippen molar-refractivity contribution in [3.8, 4) is 11.8 Å². The Hall–Kier alpha value is -3.40. The SMILES string of the molecule is Cc1ccc(NC(=O)COC(=O)[C@H](C)Oc2ccc(C#N)cc2)cc1F. The number of carbonyl (C=O) groups excluding carboxylic acids is 2. The van der Waals surface area contributed by atoms with Crippen LogP contribution in [0.4, 0.5) is 10.1 Å². The lowest BCUT2D eigenvalue weighted by Gasteiger charge is -2.14. The highest BCUT2D eigenvalue weighted by Gasteiger charge is 2.18. The van der Waals surface area contributed by atoms with Gasteiger partial charge in [-0.25, -0.2) is 9.18 Å². The molecule has 0 saturated carbocycles. The van der Waals surface area contributed by atoms with Crippen molar-refractivity contribution >= 4 is 17.6 Å². The van der Waals surface area contributed by atoms with E-state index in [1.165, 1.54) is 19.1 Å². The first-order valence-corrected chi connectivity index (χ1v) is 7.78. The van der Waals surface area contributed by atoms with Gasteiger partial charge >= 0.3 is 5.97 Å². The number of rotatable bonds is 6. The number of anilines is 1. The van der Waals surface area contributed by atoms with Crippen molar-refractivity contribution in [1.29, 1.82) is 5.26 Å². The summed E-state index contributed by atoms with van der Waals surface area (Å²) in [6.45, 7) is 2.57. The lowest BCUT2D eigenvalue weighted by Crippen LogP contribution is -2.29. The van der Waals surface area contributed by atoms with E-state index in [4.69, 9.17) is 14.7 Å². The zero-order valence-corrected chi connectivity index (χ0v) is 14.3. The lowest BCUT2D eigenvalue weighted by atomic mass is 10.2. The van der Waals surface area contributed by atoms with Gasteiger partial charge in [0.1, 0.15) is 11.6 Å². The molecule has 1 N–H and O–H groups in total. The van der Waals surface area contributed by atoms with E-state index < -0.39 is 30.4 Å². The average Bonchev–Trinajstić information content (AvgIpc) is 2.63. The van der Waals surface area contributed by atoms with Crippen LogP contribution in [0.3, 0.4) is 0 Å². The van der Waals surface area contributed by atoms with E-state index in [2.05, 4.69) is 5.32 Å². The molecule has 7 heteroatoms. The van der Waals surface area contributed by atoms with Crippen molar-refractivity contribution in [2.45, 2.75) is 20.0 Å². The summed E-state index contributed by atoms with van der Waals surface area (Å²) in [6.07, 6.45) is -0.937. The maximum absolute atomic E-state index is 13.4. The van der Waals surface area contributed by atoms with Gasteiger partial charge in [-0.3, -0.25) is 4.79 Å². The summed E-state index contributed by atoms with van der Waals surface area (Å²) < 4.78 is 23.7. The van der Waals surface area contributed by atoms with Gasteiger partial charge in [-0.15, -0.1) is 0 Å². The Morgan fingerprint density at radius 1 is 1.23 bits per heavy atom. The number of benzene rings is 2. The molecule has 2 aromatic rings. The van der Waals surface area contributed by atoms with Crippen LogP contribution in [-0.2, 0) is 14.3 Å². The zero-order chi connectivity index (χ0) is 19.1. The summed E-state index contributed by atoms with van der Waals surface area (Å²) in [5.74, 6) is -1.36. The highest BCUT2D eigenvalue weighted by atomic mass is 19.1. The Morgan fingerprint density at radius 3 is 2.54 bits per heavy atom. The molecule has 0 fully saturated rings. The maximum atomic E-state index is 13.4. The predicted octanol–water partition coefficient (Wildman–Crippen LogP) is 2.96. The molecule has 134 valence electrons. The van der Waals surface area contributed by atoms with E-state index in [1.807, 2.05) is 6.07 Å². The average molecular weight is 356 g/mol. The number of hydrogen-bond donors (Lipinski definition) is 1. The standard InChI is InChI=1S/C19H17FN2O4/c1-12-3-6-15(9-17(12)20)22-18(23)11-25-19(24)13(2)26-16-7-4-14(10-21)5-8-16/h3-9,13H,11H2,1-2H3,(H,22,23)/t13-/m0/s1. The Kier molecular flexibility index (Phi) is 6.28. The van der Waals surface area contributed by atoms with Crippen LogP contribution in [0.5, 0.6) is 5.75 Å². The summed E-state index contributed by atoms with van der Waals surface area (Å²) in [4.78, 5) is 23.7. The normalized spacial score (nSPS) is 11.2. The van der Waals surface area contributed by atoms with Gasteiger partial charge in [-0.05, 0) is 55.8 Å². The second-order valence-corrected chi connectivity index (χ2v) is 5.52. The molecule has 6 nitrogen and oxygen atoms in total. The molecule has 0 bridgehead atoms. The van der Waals surface area contributed by atoms with E-state index in [9.17, 15) is 14.0 Å². The van der Waals surface area contributed by atoms with Gasteiger partial charge in [-0.1, -0.05) is 6.07 Å². The number of ether oxygens (including phenoxy) is 2. The third kappa shape index (κ3) is 5.31. The van der Waals surface area contributed by atoms with E-state index in [0.29, 0.717) is 16.9 Å². The fourth-order valence-electron chi connectivity index (χ4n) is 1.98. The van der Waals surface area contributed by atoms with E-state index in [-0.39, 0.29) is 5.69 Å². The molecule has 0 unspecified atom stereocenters. The van der Waals surface area contributed by atoms with Crippen LogP contribution in [0.2, 0.25) is 0 Å². The Morgan fingerprint density at radius 2 is 1.92 bits per heavy atom. The van der Waals surface area contributed by atoms with Gasteiger partial charge in [0.25, 0.3) is 5.91 Å². The van der Waals surface area contributed by atoms with Crippen LogP contribution in [0, 0.1) is 24.1 Å². The fourth-order valence-corrected chi connectivity index (χ4v) is 1.98. The maximum Gasteiger partial charge on any atom is 0.347 e. The monoisotopic (exact) mass is 356 g/mol. The van der Waals surface area contributed by atoms with Crippen LogP contribution in [-0.4, -0.2) is 24.6 Å². The number of carbonyl (C=O) groups is 2. The molecule has 1 atom stereocenters. The quantitative estimate of drug-likeness (QED) is 0.804. The van der Waals surface area contributed by atoms with Crippen LogP contribution in [0.15, 0.2) is 42.5 Å². The number of nitrogens with one attached hydrogen (secondary N) is 1. The second-order valence-electron chi connectivity index (χ2n) is 5.52. The summed E-state index contributed by atoms with van der Waals surface area (Å²) >= 11 is 0. The minimum Gasteiger partial charge on any atom is -0.479 e. The molecular formula is C19H17FN2O4.